The number of ether oxygens (including phenoxy) is 1. The number of hydrogen-bond donors (Lipinski definition) is 1. The van der Waals surface area contributed by atoms with Crippen LogP contribution in [0.3, 0.4) is 0 Å². The second kappa shape index (κ2) is 9.67. The van der Waals surface area contributed by atoms with Crippen molar-refractivity contribution >= 4 is 21.6 Å². The number of aryl methyl sites for hydroxylation is 1. The fourth-order valence-electron chi connectivity index (χ4n) is 4.29. The standard InChI is InChI=1S/C26H28N2O4S/c1-19(26(29)27-25-14-8-10-20-9-6-7-13-24(20)25)28(33(2,30)31)21-15-17-23(18-16-21)32-22-11-4-3-5-12-22/h3-7,9,11-13,15-19,25H,8,10,14H2,1-2H3,(H,27,29)/t19-,25-/m0/s1. The van der Waals surface area contributed by atoms with E-state index in [0.29, 0.717) is 17.2 Å². The number of hydrogen-bond acceptors (Lipinski definition) is 4. The summed E-state index contributed by atoms with van der Waals surface area (Å²) in [5.74, 6) is 0.937. The molecule has 33 heavy (non-hydrogen) atoms. The first-order valence-corrected chi connectivity index (χ1v) is 12.9. The lowest BCUT2D eigenvalue weighted by molar-refractivity contribution is -0.122. The number of amides is 1. The molecule has 0 unspecified atom stereocenters. The Morgan fingerprint density at radius 1 is 0.970 bits per heavy atom. The molecule has 0 heterocycles. The van der Waals surface area contributed by atoms with E-state index >= 15 is 0 Å². The van der Waals surface area contributed by atoms with E-state index in [0.717, 1.165) is 35.4 Å². The third kappa shape index (κ3) is 5.37. The van der Waals surface area contributed by atoms with Crippen LogP contribution in [0.1, 0.15) is 36.9 Å². The van der Waals surface area contributed by atoms with Gasteiger partial charge in [0.1, 0.15) is 17.5 Å². The first-order valence-electron chi connectivity index (χ1n) is 11.0. The molecule has 0 saturated heterocycles. The Hall–Kier alpha value is -3.32. The highest BCUT2D eigenvalue weighted by atomic mass is 32.2. The molecule has 0 aliphatic heterocycles. The summed E-state index contributed by atoms with van der Waals surface area (Å²) in [5.41, 5.74) is 2.75. The summed E-state index contributed by atoms with van der Waals surface area (Å²) in [7, 11) is -3.70. The van der Waals surface area contributed by atoms with Crippen molar-refractivity contribution in [3.63, 3.8) is 0 Å². The van der Waals surface area contributed by atoms with Gasteiger partial charge in [0.15, 0.2) is 0 Å². The molecule has 3 aromatic rings. The third-order valence-electron chi connectivity index (χ3n) is 5.84. The van der Waals surface area contributed by atoms with E-state index in [1.807, 2.05) is 48.5 Å². The summed E-state index contributed by atoms with van der Waals surface area (Å²) in [6.45, 7) is 1.61. The number of rotatable bonds is 7. The van der Waals surface area contributed by atoms with Crippen LogP contribution in [-0.4, -0.2) is 26.6 Å². The summed E-state index contributed by atoms with van der Waals surface area (Å²) >= 11 is 0. The summed E-state index contributed by atoms with van der Waals surface area (Å²) in [5, 5.41) is 3.07. The molecule has 0 radical (unpaired) electrons. The zero-order chi connectivity index (χ0) is 23.4. The number of sulfonamides is 1. The monoisotopic (exact) mass is 464 g/mol. The Labute approximate surface area is 195 Å². The van der Waals surface area contributed by atoms with E-state index in [1.54, 1.807) is 31.2 Å². The minimum atomic E-state index is -3.70. The van der Waals surface area contributed by atoms with Crippen LogP contribution < -0.4 is 14.4 Å². The average Bonchev–Trinajstić information content (AvgIpc) is 2.80. The number of carbonyl (C=O) groups is 1. The Bertz CT molecular complexity index is 1210. The maximum Gasteiger partial charge on any atom is 0.244 e. The third-order valence-corrected chi connectivity index (χ3v) is 7.09. The molecule has 1 N–H and O–H groups in total. The second-order valence-electron chi connectivity index (χ2n) is 8.30. The molecule has 0 spiro atoms. The topological polar surface area (TPSA) is 75.7 Å². The highest BCUT2D eigenvalue weighted by molar-refractivity contribution is 7.92. The second-order valence-corrected chi connectivity index (χ2v) is 10.2. The molecule has 7 heteroatoms. The molecule has 0 aromatic heterocycles. The van der Waals surface area contributed by atoms with Gasteiger partial charge in [0, 0.05) is 0 Å². The van der Waals surface area contributed by atoms with Crippen LogP contribution >= 0.6 is 0 Å². The molecule has 1 aliphatic carbocycles. The van der Waals surface area contributed by atoms with Crippen LogP contribution in [0, 0.1) is 0 Å². The van der Waals surface area contributed by atoms with Gasteiger partial charge in [0.05, 0.1) is 18.0 Å². The van der Waals surface area contributed by atoms with Crippen molar-refractivity contribution in [2.75, 3.05) is 10.6 Å². The number of carbonyl (C=O) groups excluding carboxylic acids is 1. The highest BCUT2D eigenvalue weighted by Gasteiger charge is 2.31. The molecule has 0 saturated carbocycles. The van der Waals surface area contributed by atoms with E-state index in [-0.39, 0.29) is 11.9 Å². The number of benzene rings is 3. The number of nitrogens with one attached hydrogen (secondary N) is 1. The summed E-state index contributed by atoms with van der Waals surface area (Å²) in [6.07, 6.45) is 3.92. The summed E-state index contributed by atoms with van der Waals surface area (Å²) in [6, 6.07) is 23.1. The zero-order valence-electron chi connectivity index (χ0n) is 18.8. The van der Waals surface area contributed by atoms with E-state index in [9.17, 15) is 13.2 Å². The average molecular weight is 465 g/mol. The van der Waals surface area contributed by atoms with Crippen LogP contribution in [0.2, 0.25) is 0 Å². The molecular weight excluding hydrogens is 436 g/mol. The lowest BCUT2D eigenvalue weighted by Gasteiger charge is -2.31. The first kappa shape index (κ1) is 22.9. The maximum atomic E-state index is 13.1. The van der Waals surface area contributed by atoms with Crippen LogP contribution in [0.15, 0.2) is 78.9 Å². The summed E-state index contributed by atoms with van der Waals surface area (Å²) in [4.78, 5) is 13.1. The van der Waals surface area contributed by atoms with Crippen LogP contribution in [0.5, 0.6) is 11.5 Å². The van der Waals surface area contributed by atoms with Gasteiger partial charge in [0.2, 0.25) is 15.9 Å². The fourth-order valence-corrected chi connectivity index (χ4v) is 5.47. The van der Waals surface area contributed by atoms with Crippen molar-refractivity contribution in [3.8, 4) is 11.5 Å². The molecule has 1 aliphatic rings. The molecular formula is C26H28N2O4S. The van der Waals surface area contributed by atoms with Gasteiger partial charge in [-0.05, 0) is 73.7 Å². The van der Waals surface area contributed by atoms with Gasteiger partial charge in [-0.15, -0.1) is 0 Å². The van der Waals surface area contributed by atoms with Crippen molar-refractivity contribution in [2.24, 2.45) is 0 Å². The predicted octanol–water partition coefficient (Wildman–Crippen LogP) is 4.83. The normalized spacial score (nSPS) is 16.4. The molecule has 0 bridgehead atoms. The van der Waals surface area contributed by atoms with Crippen molar-refractivity contribution in [3.05, 3.63) is 90.0 Å². The Morgan fingerprint density at radius 2 is 1.61 bits per heavy atom. The predicted molar refractivity (Wildman–Crippen MR) is 130 cm³/mol. The molecule has 172 valence electrons. The Balaban J connectivity index is 1.52. The first-order chi connectivity index (χ1) is 15.8. The van der Waals surface area contributed by atoms with Crippen molar-refractivity contribution in [1.82, 2.24) is 5.32 Å². The van der Waals surface area contributed by atoms with E-state index in [1.165, 1.54) is 5.56 Å². The van der Waals surface area contributed by atoms with Gasteiger partial charge < -0.3 is 10.1 Å². The van der Waals surface area contributed by atoms with Gasteiger partial charge in [-0.1, -0.05) is 42.5 Å². The zero-order valence-corrected chi connectivity index (χ0v) is 19.6. The molecule has 4 rings (SSSR count). The van der Waals surface area contributed by atoms with Gasteiger partial charge >= 0.3 is 0 Å². The number of nitrogens with zero attached hydrogens (tertiary/aromatic N) is 1. The molecule has 0 fully saturated rings. The largest absolute Gasteiger partial charge is 0.457 e. The molecule has 1 amide bonds. The maximum absolute atomic E-state index is 13.1. The number of para-hydroxylation sites is 1. The van der Waals surface area contributed by atoms with E-state index in [2.05, 4.69) is 11.4 Å². The lowest BCUT2D eigenvalue weighted by Crippen LogP contribution is -2.49. The van der Waals surface area contributed by atoms with Crippen LogP contribution in [-0.2, 0) is 21.2 Å². The van der Waals surface area contributed by atoms with E-state index < -0.39 is 16.1 Å². The van der Waals surface area contributed by atoms with Gasteiger partial charge in [-0.3, -0.25) is 9.10 Å². The fraction of sp³-hybridized carbons (Fsp3) is 0.269. The van der Waals surface area contributed by atoms with E-state index in [4.69, 9.17) is 4.74 Å². The quantitative estimate of drug-likeness (QED) is 0.544. The minimum Gasteiger partial charge on any atom is -0.457 e. The number of fused-ring (bicyclic) bond motifs is 1. The Morgan fingerprint density at radius 3 is 2.30 bits per heavy atom. The molecule has 3 aromatic carbocycles. The van der Waals surface area contributed by atoms with Gasteiger partial charge in [0.25, 0.3) is 0 Å². The lowest BCUT2D eigenvalue weighted by atomic mass is 9.87. The molecule has 6 nitrogen and oxygen atoms in total. The van der Waals surface area contributed by atoms with Gasteiger partial charge in [-0.25, -0.2) is 8.42 Å². The SMILES string of the molecule is C[C@@H](C(=O)N[C@H]1CCCc2ccccc21)N(c1ccc(Oc2ccccc2)cc1)S(C)(=O)=O. The number of anilines is 1. The summed E-state index contributed by atoms with van der Waals surface area (Å²) < 4.78 is 32.3. The van der Waals surface area contributed by atoms with Crippen molar-refractivity contribution in [1.29, 1.82) is 0 Å². The highest BCUT2D eigenvalue weighted by Crippen LogP contribution is 2.31. The minimum absolute atomic E-state index is 0.118. The van der Waals surface area contributed by atoms with Crippen molar-refractivity contribution in [2.45, 2.75) is 38.3 Å². The van der Waals surface area contributed by atoms with Crippen LogP contribution in [0.4, 0.5) is 5.69 Å². The van der Waals surface area contributed by atoms with Crippen molar-refractivity contribution < 1.29 is 17.9 Å². The Kier molecular flexibility index (Phi) is 6.70. The smallest absolute Gasteiger partial charge is 0.244 e. The molecule has 2 atom stereocenters. The van der Waals surface area contributed by atoms with Crippen LogP contribution in [0.25, 0.3) is 0 Å². The van der Waals surface area contributed by atoms with Gasteiger partial charge in [-0.2, -0.15) is 0 Å².